The fourth-order valence-electron chi connectivity index (χ4n) is 1.42. The Morgan fingerprint density at radius 1 is 1.00 bits per heavy atom. The Balaban J connectivity index is 3.69. The van der Waals surface area contributed by atoms with E-state index in [1.807, 2.05) is 6.92 Å². The smallest absolute Gasteiger partial charge is 0.234 e. The molecule has 0 aromatic heterocycles. The molecule has 0 aliphatic carbocycles. The Morgan fingerprint density at radius 3 is 2.06 bits per heavy atom. The highest BCUT2D eigenvalue weighted by molar-refractivity contribution is 5.78. The summed E-state index contributed by atoms with van der Waals surface area (Å²) in [5.74, 6) is 1.31. The number of carbonyl (C=O) groups is 1. The molecule has 0 saturated carbocycles. The van der Waals surface area contributed by atoms with Crippen LogP contribution in [0, 0.1) is 11.8 Å². The van der Waals surface area contributed by atoms with E-state index in [2.05, 4.69) is 45.3 Å². The van der Waals surface area contributed by atoms with Crippen LogP contribution >= 0.6 is 0 Å². The molecule has 0 aromatic rings. The Morgan fingerprint density at radius 2 is 1.59 bits per heavy atom. The van der Waals surface area contributed by atoms with Crippen molar-refractivity contribution in [1.82, 2.24) is 10.6 Å². The predicted octanol–water partition coefficient (Wildman–Crippen LogP) is 2.56. The SMILES string of the molecule is CC(C)CCC(C)NCC(=O)NC(C)C(C)C. The van der Waals surface area contributed by atoms with Crippen LogP contribution in [0.4, 0.5) is 0 Å². The van der Waals surface area contributed by atoms with E-state index < -0.39 is 0 Å². The van der Waals surface area contributed by atoms with E-state index >= 15 is 0 Å². The van der Waals surface area contributed by atoms with Gasteiger partial charge < -0.3 is 10.6 Å². The number of rotatable bonds is 8. The van der Waals surface area contributed by atoms with Crippen LogP contribution in [0.15, 0.2) is 0 Å². The van der Waals surface area contributed by atoms with E-state index in [1.54, 1.807) is 0 Å². The summed E-state index contributed by atoms with van der Waals surface area (Å²) in [6.07, 6.45) is 2.34. The second-order valence-corrected chi connectivity index (χ2v) is 5.85. The summed E-state index contributed by atoms with van der Waals surface area (Å²) in [6, 6.07) is 0.660. The van der Waals surface area contributed by atoms with Gasteiger partial charge in [-0.3, -0.25) is 4.79 Å². The molecule has 17 heavy (non-hydrogen) atoms. The lowest BCUT2D eigenvalue weighted by molar-refractivity contribution is -0.121. The Labute approximate surface area is 107 Å². The van der Waals surface area contributed by atoms with Gasteiger partial charge in [0, 0.05) is 12.1 Å². The largest absolute Gasteiger partial charge is 0.352 e. The monoisotopic (exact) mass is 242 g/mol. The molecule has 2 atom stereocenters. The molecule has 102 valence electrons. The van der Waals surface area contributed by atoms with Crippen molar-refractivity contribution in [2.45, 2.75) is 66.5 Å². The van der Waals surface area contributed by atoms with Gasteiger partial charge in [-0.25, -0.2) is 0 Å². The molecular formula is C14H30N2O. The molecule has 0 fully saturated rings. The second-order valence-electron chi connectivity index (χ2n) is 5.85. The van der Waals surface area contributed by atoms with Crippen molar-refractivity contribution in [2.24, 2.45) is 11.8 Å². The van der Waals surface area contributed by atoms with Crippen LogP contribution < -0.4 is 10.6 Å². The molecular weight excluding hydrogens is 212 g/mol. The standard InChI is InChI=1S/C14H30N2O/c1-10(2)7-8-12(5)15-9-14(17)16-13(6)11(3)4/h10-13,15H,7-9H2,1-6H3,(H,16,17). The van der Waals surface area contributed by atoms with Crippen LogP contribution in [-0.2, 0) is 4.79 Å². The van der Waals surface area contributed by atoms with E-state index in [1.165, 1.54) is 6.42 Å². The van der Waals surface area contributed by atoms with Crippen molar-refractivity contribution in [3.63, 3.8) is 0 Å². The maximum Gasteiger partial charge on any atom is 0.234 e. The third kappa shape index (κ3) is 9.16. The third-order valence-electron chi connectivity index (χ3n) is 3.18. The van der Waals surface area contributed by atoms with Crippen LogP contribution in [0.1, 0.15) is 54.4 Å². The second kappa shape index (κ2) is 8.51. The van der Waals surface area contributed by atoms with Gasteiger partial charge in [0.2, 0.25) is 5.91 Å². The summed E-state index contributed by atoms with van der Waals surface area (Å²) in [4.78, 5) is 11.6. The van der Waals surface area contributed by atoms with Gasteiger partial charge in [0.25, 0.3) is 0 Å². The number of amides is 1. The third-order valence-corrected chi connectivity index (χ3v) is 3.18. The molecule has 0 aromatic carbocycles. The average Bonchev–Trinajstić information content (AvgIpc) is 2.23. The highest BCUT2D eigenvalue weighted by Crippen LogP contribution is 2.06. The first-order valence-electron chi connectivity index (χ1n) is 6.85. The van der Waals surface area contributed by atoms with Gasteiger partial charge in [-0.2, -0.15) is 0 Å². The first-order chi connectivity index (χ1) is 7.82. The summed E-state index contributed by atoms with van der Waals surface area (Å²) in [7, 11) is 0. The zero-order valence-electron chi connectivity index (χ0n) is 12.3. The van der Waals surface area contributed by atoms with Crippen LogP contribution in [0.2, 0.25) is 0 Å². The minimum Gasteiger partial charge on any atom is -0.352 e. The van der Waals surface area contributed by atoms with Gasteiger partial charge in [0.05, 0.1) is 6.54 Å². The highest BCUT2D eigenvalue weighted by Gasteiger charge is 2.11. The van der Waals surface area contributed by atoms with Crippen LogP contribution in [0.25, 0.3) is 0 Å². The van der Waals surface area contributed by atoms with E-state index in [0.717, 1.165) is 12.3 Å². The quantitative estimate of drug-likeness (QED) is 0.687. The zero-order valence-corrected chi connectivity index (χ0v) is 12.3. The van der Waals surface area contributed by atoms with Gasteiger partial charge in [-0.05, 0) is 38.5 Å². The molecule has 0 rings (SSSR count). The summed E-state index contributed by atoms with van der Waals surface area (Å²) in [5, 5.41) is 6.27. The van der Waals surface area contributed by atoms with E-state index in [9.17, 15) is 4.79 Å². The first-order valence-corrected chi connectivity index (χ1v) is 6.85. The molecule has 0 spiro atoms. The van der Waals surface area contributed by atoms with Crippen molar-refractivity contribution in [2.75, 3.05) is 6.54 Å². The molecule has 0 aliphatic rings. The lowest BCUT2D eigenvalue weighted by Crippen LogP contribution is -2.43. The fraction of sp³-hybridized carbons (Fsp3) is 0.929. The van der Waals surface area contributed by atoms with Crippen molar-refractivity contribution in [3.8, 4) is 0 Å². The number of carbonyl (C=O) groups excluding carboxylic acids is 1. The number of hydrogen-bond donors (Lipinski definition) is 2. The lowest BCUT2D eigenvalue weighted by atomic mass is 10.0. The topological polar surface area (TPSA) is 41.1 Å². The minimum absolute atomic E-state index is 0.0996. The molecule has 0 aliphatic heterocycles. The predicted molar refractivity (Wildman–Crippen MR) is 74.0 cm³/mol. The number of nitrogens with one attached hydrogen (secondary N) is 2. The van der Waals surface area contributed by atoms with Gasteiger partial charge in [0.1, 0.15) is 0 Å². The fourth-order valence-corrected chi connectivity index (χ4v) is 1.42. The Bertz CT molecular complexity index is 214. The van der Waals surface area contributed by atoms with Crippen LogP contribution in [-0.4, -0.2) is 24.5 Å². The zero-order chi connectivity index (χ0) is 13.4. The summed E-state index contributed by atoms with van der Waals surface area (Å²) < 4.78 is 0. The summed E-state index contributed by atoms with van der Waals surface area (Å²) >= 11 is 0. The minimum atomic E-state index is 0.0996. The summed E-state index contributed by atoms with van der Waals surface area (Å²) in [5.41, 5.74) is 0. The van der Waals surface area contributed by atoms with Crippen molar-refractivity contribution in [3.05, 3.63) is 0 Å². The first kappa shape index (κ1) is 16.4. The normalized spacial score (nSPS) is 15.1. The van der Waals surface area contributed by atoms with E-state index in [-0.39, 0.29) is 11.9 Å². The molecule has 0 saturated heterocycles. The number of hydrogen-bond acceptors (Lipinski definition) is 2. The van der Waals surface area contributed by atoms with E-state index in [4.69, 9.17) is 0 Å². The summed E-state index contributed by atoms with van der Waals surface area (Å²) in [6.45, 7) is 13.3. The lowest BCUT2D eigenvalue weighted by Gasteiger charge is -2.19. The molecule has 0 radical (unpaired) electrons. The van der Waals surface area contributed by atoms with Crippen LogP contribution in [0.3, 0.4) is 0 Å². The molecule has 1 amide bonds. The van der Waals surface area contributed by atoms with E-state index in [0.29, 0.717) is 18.5 Å². The molecule has 2 unspecified atom stereocenters. The van der Waals surface area contributed by atoms with Gasteiger partial charge in [-0.1, -0.05) is 27.7 Å². The molecule has 0 bridgehead atoms. The van der Waals surface area contributed by atoms with Crippen molar-refractivity contribution in [1.29, 1.82) is 0 Å². The van der Waals surface area contributed by atoms with Crippen molar-refractivity contribution < 1.29 is 4.79 Å². The Hall–Kier alpha value is -0.570. The Kier molecular flexibility index (Phi) is 8.23. The van der Waals surface area contributed by atoms with Gasteiger partial charge in [-0.15, -0.1) is 0 Å². The maximum atomic E-state index is 11.6. The molecule has 2 N–H and O–H groups in total. The molecule has 3 nitrogen and oxygen atoms in total. The van der Waals surface area contributed by atoms with Crippen LogP contribution in [0.5, 0.6) is 0 Å². The molecule has 3 heteroatoms. The molecule has 0 heterocycles. The van der Waals surface area contributed by atoms with Gasteiger partial charge in [0.15, 0.2) is 0 Å². The average molecular weight is 242 g/mol. The highest BCUT2D eigenvalue weighted by atomic mass is 16.1. The van der Waals surface area contributed by atoms with Gasteiger partial charge >= 0.3 is 0 Å². The van der Waals surface area contributed by atoms with Crippen molar-refractivity contribution >= 4 is 5.91 Å². The maximum absolute atomic E-state index is 11.6.